The third-order valence-corrected chi connectivity index (χ3v) is 4.88. The van der Waals surface area contributed by atoms with E-state index < -0.39 is 0 Å². The largest absolute Gasteiger partial charge is 0.366 e. The van der Waals surface area contributed by atoms with Crippen LogP contribution in [-0.4, -0.2) is 47.7 Å². The number of nitrogens with zero attached hydrogens (tertiary/aromatic N) is 1. The molecule has 1 aliphatic carbocycles. The van der Waals surface area contributed by atoms with Gasteiger partial charge in [-0.25, -0.2) is 0 Å². The molecule has 1 N–H and O–H groups in total. The number of hydrogen-bond acceptors (Lipinski definition) is 3. The summed E-state index contributed by atoms with van der Waals surface area (Å²) in [6.07, 6.45) is 6.62. The Bertz CT molecular complexity index is 368. The van der Waals surface area contributed by atoms with Crippen molar-refractivity contribution in [3.63, 3.8) is 0 Å². The van der Waals surface area contributed by atoms with Gasteiger partial charge in [0, 0.05) is 25.0 Å². The average Bonchev–Trinajstić information content (AvgIpc) is 2.36. The molecule has 1 saturated heterocycles. The Morgan fingerprint density at radius 1 is 1.05 bits per heavy atom. The van der Waals surface area contributed by atoms with Gasteiger partial charge >= 0.3 is 0 Å². The van der Waals surface area contributed by atoms with Gasteiger partial charge in [-0.05, 0) is 47.6 Å². The summed E-state index contributed by atoms with van der Waals surface area (Å²) in [6.45, 7) is 9.67. The second-order valence-corrected chi connectivity index (χ2v) is 8.14. The molecule has 0 atom stereocenters. The molecule has 1 saturated carbocycles. The lowest BCUT2D eigenvalue weighted by Crippen LogP contribution is -2.60. The average molecular weight is 296 g/mol. The molecule has 0 aromatic rings. The smallest absolute Gasteiger partial charge is 0.224 e. The fraction of sp³-hybridized carbons (Fsp3) is 0.941. The van der Waals surface area contributed by atoms with E-state index in [-0.39, 0.29) is 22.6 Å². The number of nitrogens with one attached hydrogen (secondary N) is 1. The maximum atomic E-state index is 12.8. The molecule has 2 rings (SSSR count). The molecule has 0 unspecified atom stereocenters. The molecule has 0 aromatic heterocycles. The number of ether oxygens (including phenoxy) is 1. The fourth-order valence-corrected chi connectivity index (χ4v) is 4.11. The number of amides is 1. The van der Waals surface area contributed by atoms with Crippen molar-refractivity contribution in [2.75, 3.05) is 20.1 Å². The summed E-state index contributed by atoms with van der Waals surface area (Å²) >= 11 is 0. The van der Waals surface area contributed by atoms with Crippen LogP contribution in [0.4, 0.5) is 0 Å². The van der Waals surface area contributed by atoms with Crippen molar-refractivity contribution >= 4 is 5.91 Å². The highest BCUT2D eigenvalue weighted by Crippen LogP contribution is 2.33. The van der Waals surface area contributed by atoms with Crippen molar-refractivity contribution in [2.45, 2.75) is 83.0 Å². The quantitative estimate of drug-likeness (QED) is 0.870. The van der Waals surface area contributed by atoms with Gasteiger partial charge in [0.05, 0.1) is 11.2 Å². The molecule has 1 heterocycles. The summed E-state index contributed by atoms with van der Waals surface area (Å²) in [5.74, 6) is 0.274. The van der Waals surface area contributed by atoms with Crippen LogP contribution in [0, 0.1) is 0 Å². The molecular weight excluding hydrogens is 264 g/mol. The molecule has 2 fully saturated rings. The Hall–Kier alpha value is -0.610. The first kappa shape index (κ1) is 16.8. The molecule has 2 aliphatic rings. The van der Waals surface area contributed by atoms with Crippen LogP contribution in [-0.2, 0) is 9.53 Å². The monoisotopic (exact) mass is 296 g/mol. The van der Waals surface area contributed by atoms with E-state index >= 15 is 0 Å². The Morgan fingerprint density at radius 2 is 1.57 bits per heavy atom. The first-order valence-corrected chi connectivity index (χ1v) is 8.34. The van der Waals surface area contributed by atoms with Crippen molar-refractivity contribution in [1.29, 1.82) is 0 Å². The van der Waals surface area contributed by atoms with Crippen molar-refractivity contribution in [2.24, 2.45) is 0 Å². The Morgan fingerprint density at radius 3 is 2.05 bits per heavy atom. The van der Waals surface area contributed by atoms with Crippen molar-refractivity contribution in [3.8, 4) is 0 Å². The molecule has 0 bridgehead atoms. The molecule has 4 heteroatoms. The summed E-state index contributed by atoms with van der Waals surface area (Å²) < 4.78 is 6.07. The van der Waals surface area contributed by atoms with Gasteiger partial charge < -0.3 is 15.0 Å². The molecule has 1 aliphatic heterocycles. The van der Waals surface area contributed by atoms with E-state index in [0.29, 0.717) is 19.5 Å². The van der Waals surface area contributed by atoms with Gasteiger partial charge in [0.15, 0.2) is 0 Å². The van der Waals surface area contributed by atoms with Crippen LogP contribution in [0.25, 0.3) is 0 Å². The predicted octanol–water partition coefficient (Wildman–Crippen LogP) is 2.71. The highest BCUT2D eigenvalue weighted by molar-refractivity contribution is 5.78. The normalized spacial score (nSPS) is 27.4. The molecule has 1 amide bonds. The molecule has 0 aromatic carbocycles. The third-order valence-electron chi connectivity index (χ3n) is 4.88. The molecule has 0 spiro atoms. The summed E-state index contributed by atoms with van der Waals surface area (Å²) in [4.78, 5) is 14.8. The predicted molar refractivity (Wildman–Crippen MR) is 85.3 cm³/mol. The van der Waals surface area contributed by atoms with Gasteiger partial charge in [-0.1, -0.05) is 19.3 Å². The second-order valence-electron chi connectivity index (χ2n) is 8.14. The first-order valence-electron chi connectivity index (χ1n) is 8.34. The van der Waals surface area contributed by atoms with E-state index in [1.807, 2.05) is 11.9 Å². The van der Waals surface area contributed by atoms with E-state index in [4.69, 9.17) is 4.74 Å². The van der Waals surface area contributed by atoms with Crippen LogP contribution in [0.5, 0.6) is 0 Å². The van der Waals surface area contributed by atoms with Gasteiger partial charge in [0.25, 0.3) is 0 Å². The molecule has 21 heavy (non-hydrogen) atoms. The van der Waals surface area contributed by atoms with Crippen LogP contribution >= 0.6 is 0 Å². The zero-order chi connectivity index (χ0) is 15.7. The summed E-state index contributed by atoms with van der Waals surface area (Å²) in [5, 5.41) is 3.45. The van der Waals surface area contributed by atoms with Crippen LogP contribution in [0.15, 0.2) is 0 Å². The van der Waals surface area contributed by atoms with Gasteiger partial charge in [-0.2, -0.15) is 0 Å². The van der Waals surface area contributed by atoms with Crippen molar-refractivity contribution in [3.05, 3.63) is 0 Å². The van der Waals surface area contributed by atoms with Crippen molar-refractivity contribution in [1.82, 2.24) is 10.2 Å². The number of carbonyl (C=O) groups excluding carboxylic acids is 1. The van der Waals surface area contributed by atoms with E-state index in [1.54, 1.807) is 0 Å². The maximum Gasteiger partial charge on any atom is 0.224 e. The first-order chi connectivity index (χ1) is 9.67. The standard InChI is InChI=1S/C17H32N2O2/c1-15(2)12-19(13-16(3,4)21-15)14(20)11-17(18-5)9-7-6-8-10-17/h18H,6-13H2,1-5H3. The number of rotatable bonds is 3. The SMILES string of the molecule is CNC1(CC(=O)N2CC(C)(C)OC(C)(C)C2)CCCCC1. The second kappa shape index (κ2) is 5.88. The molecule has 4 nitrogen and oxygen atoms in total. The fourth-order valence-electron chi connectivity index (χ4n) is 4.11. The Labute approximate surface area is 129 Å². The number of carbonyl (C=O) groups is 1. The lowest BCUT2D eigenvalue weighted by Gasteiger charge is -2.48. The van der Waals surface area contributed by atoms with Crippen LogP contribution < -0.4 is 5.32 Å². The molecule has 0 radical (unpaired) electrons. The van der Waals surface area contributed by atoms with E-state index in [9.17, 15) is 4.79 Å². The lowest BCUT2D eigenvalue weighted by molar-refractivity contribution is -0.188. The zero-order valence-corrected chi connectivity index (χ0v) is 14.4. The zero-order valence-electron chi connectivity index (χ0n) is 14.4. The number of morpholine rings is 1. The summed E-state index contributed by atoms with van der Waals surface area (Å²) in [6, 6.07) is 0. The van der Waals surface area contributed by atoms with Gasteiger partial charge in [-0.15, -0.1) is 0 Å². The molecule has 122 valence electrons. The van der Waals surface area contributed by atoms with E-state index in [0.717, 1.165) is 12.8 Å². The summed E-state index contributed by atoms with van der Waals surface area (Å²) in [5.41, 5.74) is -0.518. The lowest BCUT2D eigenvalue weighted by atomic mass is 9.79. The van der Waals surface area contributed by atoms with Gasteiger partial charge in [-0.3, -0.25) is 4.79 Å². The Kier molecular flexibility index (Phi) is 4.69. The Balaban J connectivity index is 2.05. The maximum absolute atomic E-state index is 12.8. The van der Waals surface area contributed by atoms with Crippen LogP contribution in [0.2, 0.25) is 0 Å². The van der Waals surface area contributed by atoms with Gasteiger partial charge in [0.1, 0.15) is 0 Å². The van der Waals surface area contributed by atoms with E-state index in [1.165, 1.54) is 19.3 Å². The third kappa shape index (κ3) is 4.19. The minimum absolute atomic E-state index is 0.0158. The summed E-state index contributed by atoms with van der Waals surface area (Å²) in [7, 11) is 2.01. The number of hydrogen-bond donors (Lipinski definition) is 1. The minimum atomic E-state index is -0.267. The topological polar surface area (TPSA) is 41.6 Å². The molecular formula is C17H32N2O2. The minimum Gasteiger partial charge on any atom is -0.366 e. The highest BCUT2D eigenvalue weighted by Gasteiger charge is 2.42. The highest BCUT2D eigenvalue weighted by atomic mass is 16.5. The van der Waals surface area contributed by atoms with Crippen LogP contribution in [0.3, 0.4) is 0 Å². The van der Waals surface area contributed by atoms with E-state index in [2.05, 4.69) is 33.0 Å². The van der Waals surface area contributed by atoms with Crippen LogP contribution in [0.1, 0.15) is 66.2 Å². The van der Waals surface area contributed by atoms with Crippen molar-refractivity contribution < 1.29 is 9.53 Å². The van der Waals surface area contributed by atoms with Gasteiger partial charge in [0.2, 0.25) is 5.91 Å².